The summed E-state index contributed by atoms with van der Waals surface area (Å²) in [7, 11) is 0. The topological polar surface area (TPSA) is 75.9 Å². The van der Waals surface area contributed by atoms with Crippen LogP contribution in [-0.2, 0) is 0 Å². The molecular formula is C11H12BrN5. The van der Waals surface area contributed by atoms with Gasteiger partial charge in [-0.15, -0.1) is 0 Å². The van der Waals surface area contributed by atoms with Crippen molar-refractivity contribution in [2.45, 2.75) is 6.92 Å². The highest BCUT2D eigenvalue weighted by molar-refractivity contribution is 9.10. The average molecular weight is 294 g/mol. The number of aromatic nitrogens is 2. The van der Waals surface area contributed by atoms with E-state index in [1.165, 1.54) is 0 Å². The highest BCUT2D eigenvalue weighted by Gasteiger charge is 2.02. The number of halogens is 1. The SMILES string of the molecule is Cc1ccc(Br)cc1Nc1ccnc(NN)n1. The zero-order valence-electron chi connectivity index (χ0n) is 9.24. The molecule has 0 aliphatic carbocycles. The molecule has 0 fully saturated rings. The Bertz CT molecular complexity index is 529. The molecule has 0 unspecified atom stereocenters. The largest absolute Gasteiger partial charge is 0.340 e. The van der Waals surface area contributed by atoms with E-state index in [1.54, 1.807) is 12.3 Å². The number of nitrogens with zero attached hydrogens (tertiary/aromatic N) is 2. The number of hydrazine groups is 1. The van der Waals surface area contributed by atoms with Gasteiger partial charge >= 0.3 is 0 Å². The maximum Gasteiger partial charge on any atom is 0.239 e. The van der Waals surface area contributed by atoms with E-state index in [0.717, 1.165) is 15.7 Å². The molecule has 0 spiro atoms. The van der Waals surface area contributed by atoms with E-state index < -0.39 is 0 Å². The smallest absolute Gasteiger partial charge is 0.239 e. The minimum Gasteiger partial charge on any atom is -0.340 e. The van der Waals surface area contributed by atoms with Crippen molar-refractivity contribution >= 4 is 33.4 Å². The molecule has 6 heteroatoms. The minimum atomic E-state index is 0.377. The molecule has 5 nitrogen and oxygen atoms in total. The van der Waals surface area contributed by atoms with Gasteiger partial charge in [-0.25, -0.2) is 10.8 Å². The lowest BCUT2D eigenvalue weighted by Crippen LogP contribution is -2.10. The molecular weight excluding hydrogens is 282 g/mol. The van der Waals surface area contributed by atoms with Crippen LogP contribution in [0.25, 0.3) is 0 Å². The molecule has 0 atom stereocenters. The maximum absolute atomic E-state index is 5.26. The number of rotatable bonds is 3. The first-order valence-corrected chi connectivity index (χ1v) is 5.81. The summed E-state index contributed by atoms with van der Waals surface area (Å²) in [6, 6.07) is 7.79. The molecule has 4 N–H and O–H groups in total. The fourth-order valence-corrected chi connectivity index (χ4v) is 1.73. The van der Waals surface area contributed by atoms with Crippen molar-refractivity contribution in [3.8, 4) is 0 Å². The Labute approximate surface area is 108 Å². The lowest BCUT2D eigenvalue weighted by atomic mass is 10.2. The van der Waals surface area contributed by atoms with E-state index >= 15 is 0 Å². The second-order valence-electron chi connectivity index (χ2n) is 3.49. The van der Waals surface area contributed by atoms with Gasteiger partial charge in [0.2, 0.25) is 5.95 Å². The van der Waals surface area contributed by atoms with Crippen molar-refractivity contribution in [1.82, 2.24) is 9.97 Å². The number of hydrogen-bond acceptors (Lipinski definition) is 5. The molecule has 88 valence electrons. The second-order valence-corrected chi connectivity index (χ2v) is 4.41. The standard InChI is InChI=1S/C11H12BrN5/c1-7-2-3-8(12)6-9(7)15-10-4-5-14-11(16-10)17-13/h2-6H,13H2,1H3,(H2,14,15,16,17). The fourth-order valence-electron chi connectivity index (χ4n) is 1.36. The van der Waals surface area contributed by atoms with Crippen LogP contribution in [0.5, 0.6) is 0 Å². The van der Waals surface area contributed by atoms with Crippen LogP contribution < -0.4 is 16.6 Å². The molecule has 17 heavy (non-hydrogen) atoms. The van der Waals surface area contributed by atoms with Gasteiger partial charge in [0.05, 0.1) is 0 Å². The lowest BCUT2D eigenvalue weighted by molar-refractivity contribution is 1.12. The monoisotopic (exact) mass is 293 g/mol. The van der Waals surface area contributed by atoms with Gasteiger partial charge < -0.3 is 5.32 Å². The van der Waals surface area contributed by atoms with E-state index in [1.807, 2.05) is 25.1 Å². The van der Waals surface area contributed by atoms with Crippen LogP contribution in [0.1, 0.15) is 5.56 Å². The predicted octanol–water partition coefficient (Wildman–Crippen LogP) is 2.58. The van der Waals surface area contributed by atoms with Crippen molar-refractivity contribution in [3.05, 3.63) is 40.5 Å². The number of anilines is 3. The van der Waals surface area contributed by atoms with E-state index in [2.05, 4.69) is 36.6 Å². The van der Waals surface area contributed by atoms with Gasteiger partial charge in [0.25, 0.3) is 0 Å². The summed E-state index contributed by atoms with van der Waals surface area (Å²) < 4.78 is 1.01. The molecule has 0 aliphatic rings. The van der Waals surface area contributed by atoms with Crippen molar-refractivity contribution in [3.63, 3.8) is 0 Å². The molecule has 0 bridgehead atoms. The van der Waals surface area contributed by atoms with Gasteiger partial charge in [-0.1, -0.05) is 22.0 Å². The average Bonchev–Trinajstić information content (AvgIpc) is 2.34. The molecule has 0 radical (unpaired) electrons. The Morgan fingerprint density at radius 1 is 1.29 bits per heavy atom. The third kappa shape index (κ3) is 2.92. The molecule has 1 aromatic carbocycles. The normalized spacial score (nSPS) is 10.1. The number of nitrogen functional groups attached to an aromatic ring is 1. The van der Waals surface area contributed by atoms with Crippen molar-refractivity contribution in [2.75, 3.05) is 10.7 Å². The maximum atomic E-state index is 5.26. The summed E-state index contributed by atoms with van der Waals surface area (Å²) in [6.45, 7) is 2.03. The van der Waals surface area contributed by atoms with Gasteiger partial charge in [-0.3, -0.25) is 5.43 Å². The van der Waals surface area contributed by atoms with E-state index in [-0.39, 0.29) is 0 Å². The summed E-state index contributed by atoms with van der Waals surface area (Å²) >= 11 is 3.43. The summed E-state index contributed by atoms with van der Waals surface area (Å²) in [5.74, 6) is 6.32. The van der Waals surface area contributed by atoms with Gasteiger partial charge in [0.1, 0.15) is 5.82 Å². The Morgan fingerprint density at radius 3 is 2.88 bits per heavy atom. The van der Waals surface area contributed by atoms with Crippen LogP contribution in [0.4, 0.5) is 17.5 Å². The van der Waals surface area contributed by atoms with E-state index in [4.69, 9.17) is 5.84 Å². The zero-order valence-corrected chi connectivity index (χ0v) is 10.8. The zero-order chi connectivity index (χ0) is 12.3. The summed E-state index contributed by atoms with van der Waals surface area (Å²) in [4.78, 5) is 8.13. The summed E-state index contributed by atoms with van der Waals surface area (Å²) in [6.07, 6.45) is 1.64. The third-order valence-corrected chi connectivity index (χ3v) is 2.74. The first-order chi connectivity index (χ1) is 8.19. The number of benzene rings is 1. The second kappa shape index (κ2) is 5.11. The first kappa shape index (κ1) is 11.8. The number of nitrogens with one attached hydrogen (secondary N) is 2. The molecule has 1 heterocycles. The molecule has 2 aromatic rings. The Balaban J connectivity index is 2.27. The highest BCUT2D eigenvalue weighted by atomic mass is 79.9. The van der Waals surface area contributed by atoms with Gasteiger partial charge in [0.15, 0.2) is 0 Å². The van der Waals surface area contributed by atoms with Crippen LogP contribution >= 0.6 is 15.9 Å². The van der Waals surface area contributed by atoms with Crippen molar-refractivity contribution in [1.29, 1.82) is 0 Å². The Hall–Kier alpha value is -1.66. The highest BCUT2D eigenvalue weighted by Crippen LogP contribution is 2.23. The van der Waals surface area contributed by atoms with Crippen LogP contribution in [0.2, 0.25) is 0 Å². The Kier molecular flexibility index (Phi) is 3.55. The summed E-state index contributed by atoms with van der Waals surface area (Å²) in [5.41, 5.74) is 4.53. The molecule has 1 aromatic heterocycles. The molecule has 0 amide bonds. The Morgan fingerprint density at radius 2 is 2.12 bits per heavy atom. The van der Waals surface area contributed by atoms with Gasteiger partial charge in [-0.2, -0.15) is 4.98 Å². The molecule has 0 saturated carbocycles. The van der Waals surface area contributed by atoms with Crippen molar-refractivity contribution < 1.29 is 0 Å². The predicted molar refractivity (Wildman–Crippen MR) is 72.0 cm³/mol. The van der Waals surface area contributed by atoms with Crippen LogP contribution in [0, 0.1) is 6.92 Å². The van der Waals surface area contributed by atoms with Gasteiger partial charge in [0, 0.05) is 16.4 Å². The molecule has 0 saturated heterocycles. The lowest BCUT2D eigenvalue weighted by Gasteiger charge is -2.09. The van der Waals surface area contributed by atoms with Crippen LogP contribution in [-0.4, -0.2) is 9.97 Å². The number of aryl methyl sites for hydroxylation is 1. The number of hydrogen-bond donors (Lipinski definition) is 3. The quantitative estimate of drug-likeness (QED) is 0.599. The number of nitrogens with two attached hydrogens (primary N) is 1. The van der Waals surface area contributed by atoms with E-state index in [9.17, 15) is 0 Å². The fraction of sp³-hybridized carbons (Fsp3) is 0.0909. The molecule has 2 rings (SSSR count). The van der Waals surface area contributed by atoms with Crippen LogP contribution in [0.3, 0.4) is 0 Å². The third-order valence-electron chi connectivity index (χ3n) is 2.25. The van der Waals surface area contributed by atoms with Crippen molar-refractivity contribution in [2.24, 2.45) is 5.84 Å². The minimum absolute atomic E-state index is 0.377. The first-order valence-electron chi connectivity index (χ1n) is 5.02. The van der Waals surface area contributed by atoms with Crippen LogP contribution in [0.15, 0.2) is 34.9 Å². The summed E-state index contributed by atoms with van der Waals surface area (Å²) in [5, 5.41) is 3.21. The van der Waals surface area contributed by atoms with E-state index in [0.29, 0.717) is 11.8 Å². The molecule has 0 aliphatic heterocycles. The van der Waals surface area contributed by atoms with Gasteiger partial charge in [-0.05, 0) is 30.7 Å².